The first-order valence-corrected chi connectivity index (χ1v) is 7.44. The molecule has 0 aliphatic carbocycles. The van der Waals surface area contributed by atoms with E-state index in [9.17, 15) is 4.79 Å². The number of carbonyl (C=O) groups excluding carboxylic acids is 1. The van der Waals surface area contributed by atoms with Crippen molar-refractivity contribution in [2.45, 2.75) is 5.16 Å². The second kappa shape index (κ2) is 5.47. The molecule has 102 valence electrons. The van der Waals surface area contributed by atoms with E-state index in [0.717, 1.165) is 11.5 Å². The van der Waals surface area contributed by atoms with Crippen LogP contribution < -0.4 is 5.32 Å². The number of oxazole rings is 1. The highest BCUT2D eigenvalue weighted by molar-refractivity contribution is 7.98. The summed E-state index contributed by atoms with van der Waals surface area (Å²) in [5.41, 5.74) is 0.140. The van der Waals surface area contributed by atoms with Gasteiger partial charge in [0.1, 0.15) is 0 Å². The molecule has 0 aliphatic heterocycles. The molecule has 0 spiro atoms. The number of thioether (sulfide) groups is 1. The molecule has 3 aromatic heterocycles. The van der Waals surface area contributed by atoms with Crippen LogP contribution in [0.4, 0.5) is 5.13 Å². The molecule has 0 atom stereocenters. The lowest BCUT2D eigenvalue weighted by molar-refractivity contribution is 0.102. The fourth-order valence-corrected chi connectivity index (χ4v) is 2.61. The Morgan fingerprint density at radius 2 is 2.35 bits per heavy atom. The van der Waals surface area contributed by atoms with Gasteiger partial charge in [0.25, 0.3) is 5.91 Å². The van der Waals surface area contributed by atoms with Crippen molar-refractivity contribution < 1.29 is 13.6 Å². The lowest BCUT2D eigenvalue weighted by Gasteiger charge is -1.98. The fraction of sp³-hybridized carbons (Fsp3) is 0.0909. The number of nitrogens with zero attached hydrogens (tertiary/aromatic N) is 3. The molecule has 0 fully saturated rings. The van der Waals surface area contributed by atoms with Crippen LogP contribution >= 0.6 is 23.3 Å². The van der Waals surface area contributed by atoms with E-state index in [1.165, 1.54) is 24.4 Å². The molecular formula is C11H8N4O3S2. The van der Waals surface area contributed by atoms with E-state index in [0.29, 0.717) is 16.0 Å². The van der Waals surface area contributed by atoms with Gasteiger partial charge in [-0.15, -0.1) is 0 Å². The third kappa shape index (κ3) is 2.45. The first-order valence-electron chi connectivity index (χ1n) is 5.44. The molecular weight excluding hydrogens is 300 g/mol. The van der Waals surface area contributed by atoms with Gasteiger partial charge >= 0.3 is 0 Å². The average Bonchev–Trinajstić information content (AvgIpc) is 3.19. The van der Waals surface area contributed by atoms with E-state index in [-0.39, 0.29) is 11.5 Å². The molecule has 3 aromatic rings. The van der Waals surface area contributed by atoms with Gasteiger partial charge in [-0.3, -0.25) is 10.1 Å². The number of carbonyl (C=O) groups is 1. The van der Waals surface area contributed by atoms with E-state index >= 15 is 0 Å². The average molecular weight is 308 g/mol. The monoisotopic (exact) mass is 308 g/mol. The quantitative estimate of drug-likeness (QED) is 0.740. The maximum atomic E-state index is 12.1. The van der Waals surface area contributed by atoms with Crippen molar-refractivity contribution in [3.05, 3.63) is 30.5 Å². The fourth-order valence-electron chi connectivity index (χ4n) is 1.49. The zero-order valence-electron chi connectivity index (χ0n) is 10.2. The third-order valence-electron chi connectivity index (χ3n) is 2.34. The van der Waals surface area contributed by atoms with Crippen LogP contribution in [0, 0.1) is 0 Å². The lowest BCUT2D eigenvalue weighted by Crippen LogP contribution is -2.13. The van der Waals surface area contributed by atoms with E-state index in [1.807, 2.05) is 6.26 Å². The van der Waals surface area contributed by atoms with Gasteiger partial charge in [0.15, 0.2) is 17.8 Å². The summed E-state index contributed by atoms with van der Waals surface area (Å²) in [6, 6.07) is 3.39. The number of amides is 1. The normalized spacial score (nSPS) is 10.7. The number of furan rings is 1. The topological polar surface area (TPSA) is 94.1 Å². The zero-order valence-corrected chi connectivity index (χ0v) is 11.8. The van der Waals surface area contributed by atoms with Crippen LogP contribution in [0.3, 0.4) is 0 Å². The zero-order chi connectivity index (χ0) is 13.9. The molecule has 0 bridgehead atoms. The minimum atomic E-state index is -0.422. The predicted octanol–water partition coefficient (Wildman–Crippen LogP) is 2.76. The summed E-state index contributed by atoms with van der Waals surface area (Å²) in [4.78, 5) is 20.2. The van der Waals surface area contributed by atoms with E-state index in [4.69, 9.17) is 8.83 Å². The minimum absolute atomic E-state index is 0.140. The molecule has 20 heavy (non-hydrogen) atoms. The predicted molar refractivity (Wildman–Crippen MR) is 73.8 cm³/mol. The van der Waals surface area contributed by atoms with Gasteiger partial charge in [-0.1, -0.05) is 11.8 Å². The lowest BCUT2D eigenvalue weighted by atomic mass is 10.2. The van der Waals surface area contributed by atoms with Crippen molar-refractivity contribution >= 4 is 34.3 Å². The largest absolute Gasteiger partial charge is 0.461 e. The second-order valence-corrected chi connectivity index (χ2v) is 5.07. The smallest absolute Gasteiger partial charge is 0.280 e. The minimum Gasteiger partial charge on any atom is -0.461 e. The van der Waals surface area contributed by atoms with Crippen LogP contribution in [0.1, 0.15) is 10.5 Å². The highest BCUT2D eigenvalue weighted by Gasteiger charge is 2.21. The molecule has 1 N–H and O–H groups in total. The molecule has 3 heterocycles. The van der Waals surface area contributed by atoms with Crippen LogP contribution in [0.15, 0.2) is 38.8 Å². The van der Waals surface area contributed by atoms with Crippen molar-refractivity contribution in [1.29, 1.82) is 0 Å². The number of anilines is 1. The van der Waals surface area contributed by atoms with E-state index in [2.05, 4.69) is 19.7 Å². The van der Waals surface area contributed by atoms with E-state index < -0.39 is 5.91 Å². The third-order valence-corrected chi connectivity index (χ3v) is 3.63. The summed E-state index contributed by atoms with van der Waals surface area (Å²) in [7, 11) is 0. The molecule has 1 amide bonds. The molecule has 3 rings (SSSR count). The first-order chi connectivity index (χ1) is 9.78. The Morgan fingerprint density at radius 3 is 3.05 bits per heavy atom. The second-order valence-electron chi connectivity index (χ2n) is 3.55. The molecule has 9 heteroatoms. The van der Waals surface area contributed by atoms with Gasteiger partial charge in [0, 0.05) is 11.5 Å². The summed E-state index contributed by atoms with van der Waals surface area (Å²) in [5.74, 6) is 0.297. The Hall–Kier alpha value is -2.13. The molecule has 0 unspecified atom stereocenters. The number of hydrogen-bond donors (Lipinski definition) is 1. The van der Waals surface area contributed by atoms with Gasteiger partial charge in [-0.2, -0.15) is 9.36 Å². The van der Waals surface area contributed by atoms with Crippen molar-refractivity contribution in [2.24, 2.45) is 0 Å². The van der Waals surface area contributed by atoms with Crippen LogP contribution in [0.5, 0.6) is 0 Å². The summed E-state index contributed by atoms with van der Waals surface area (Å²) in [5, 5.41) is 3.65. The molecule has 0 saturated heterocycles. The summed E-state index contributed by atoms with van der Waals surface area (Å²) in [6.45, 7) is 0. The van der Waals surface area contributed by atoms with Crippen LogP contribution in [-0.4, -0.2) is 26.5 Å². The SMILES string of the molecule is CSc1nsc(NC(=O)c2ncoc2-c2ccco2)n1. The Balaban J connectivity index is 1.83. The van der Waals surface area contributed by atoms with Crippen molar-refractivity contribution in [1.82, 2.24) is 14.3 Å². The Bertz CT molecular complexity index is 720. The number of hydrogen-bond acceptors (Lipinski definition) is 8. The van der Waals surface area contributed by atoms with Crippen molar-refractivity contribution in [3.8, 4) is 11.5 Å². The summed E-state index contributed by atoms with van der Waals surface area (Å²) in [6.07, 6.45) is 4.55. The highest BCUT2D eigenvalue weighted by Crippen LogP contribution is 2.25. The number of rotatable bonds is 4. The van der Waals surface area contributed by atoms with E-state index in [1.54, 1.807) is 12.1 Å². The standard InChI is InChI=1S/C11H8N4O3S2/c1-19-11-14-10(20-15-11)13-9(16)7-8(18-5-12-7)6-3-2-4-17-6/h2-5H,1H3,(H,13,14,15,16). The molecule has 0 aliphatic rings. The van der Waals surface area contributed by atoms with Gasteiger partial charge in [0.05, 0.1) is 6.26 Å². The van der Waals surface area contributed by atoms with Crippen LogP contribution in [0.2, 0.25) is 0 Å². The Kier molecular flexibility index (Phi) is 3.52. The summed E-state index contributed by atoms with van der Waals surface area (Å²) >= 11 is 2.51. The number of nitrogens with one attached hydrogen (secondary N) is 1. The van der Waals surface area contributed by atoms with Crippen molar-refractivity contribution in [3.63, 3.8) is 0 Å². The van der Waals surface area contributed by atoms with Gasteiger partial charge in [-0.05, 0) is 18.4 Å². The Morgan fingerprint density at radius 1 is 1.45 bits per heavy atom. The maximum absolute atomic E-state index is 12.1. The summed E-state index contributed by atoms with van der Waals surface area (Å²) < 4.78 is 14.4. The number of aromatic nitrogens is 3. The molecule has 0 saturated carbocycles. The maximum Gasteiger partial charge on any atom is 0.280 e. The molecule has 0 aromatic carbocycles. The highest BCUT2D eigenvalue weighted by atomic mass is 32.2. The first kappa shape index (κ1) is 12.9. The van der Waals surface area contributed by atoms with Crippen LogP contribution in [-0.2, 0) is 0 Å². The van der Waals surface area contributed by atoms with Gasteiger partial charge < -0.3 is 8.83 Å². The van der Waals surface area contributed by atoms with Gasteiger partial charge in [-0.25, -0.2) is 4.98 Å². The van der Waals surface area contributed by atoms with Crippen molar-refractivity contribution in [2.75, 3.05) is 11.6 Å². The Labute approximate surface area is 121 Å². The molecule has 0 radical (unpaired) electrons. The van der Waals surface area contributed by atoms with Crippen LogP contribution in [0.25, 0.3) is 11.5 Å². The molecule has 7 nitrogen and oxygen atoms in total. The van der Waals surface area contributed by atoms with Gasteiger partial charge in [0.2, 0.25) is 16.0 Å².